The van der Waals surface area contributed by atoms with Crippen molar-refractivity contribution in [2.75, 3.05) is 26.9 Å². The molecule has 2 aromatic rings. The fraction of sp³-hybridized carbons (Fsp3) is 0.412. The topological polar surface area (TPSA) is 30.5 Å². The van der Waals surface area contributed by atoms with Crippen LogP contribution in [0.3, 0.4) is 0 Å². The molecule has 0 aromatic heterocycles. The average molecular weight is 273 g/mol. The summed E-state index contributed by atoms with van der Waals surface area (Å²) in [6.45, 7) is 5.39. The number of rotatable bonds is 8. The standard InChI is InChI=1S/C17H23NO2/c1-3-20-12-6-11-18-13-16-15-8-5-4-7-14(15)9-10-17(16)19-2/h4-5,7-10,18H,3,6,11-13H2,1-2H3. The minimum Gasteiger partial charge on any atom is -0.496 e. The Bertz CT molecular complexity index is 540. The molecule has 0 radical (unpaired) electrons. The van der Waals surface area contributed by atoms with Crippen LogP contribution in [0.1, 0.15) is 18.9 Å². The molecule has 3 nitrogen and oxygen atoms in total. The molecular weight excluding hydrogens is 250 g/mol. The third-order valence-corrected chi connectivity index (χ3v) is 3.37. The van der Waals surface area contributed by atoms with Crippen molar-refractivity contribution < 1.29 is 9.47 Å². The molecule has 0 spiro atoms. The monoisotopic (exact) mass is 273 g/mol. The van der Waals surface area contributed by atoms with Gasteiger partial charge in [-0.1, -0.05) is 30.3 Å². The first-order valence-electron chi connectivity index (χ1n) is 7.20. The molecule has 0 saturated carbocycles. The van der Waals surface area contributed by atoms with Gasteiger partial charge in [-0.2, -0.15) is 0 Å². The van der Waals surface area contributed by atoms with Gasteiger partial charge in [-0.15, -0.1) is 0 Å². The van der Waals surface area contributed by atoms with Gasteiger partial charge in [0.05, 0.1) is 7.11 Å². The smallest absolute Gasteiger partial charge is 0.123 e. The summed E-state index contributed by atoms with van der Waals surface area (Å²) in [5.74, 6) is 0.945. The summed E-state index contributed by atoms with van der Waals surface area (Å²) >= 11 is 0. The quantitative estimate of drug-likeness (QED) is 0.748. The molecule has 0 aliphatic heterocycles. The first-order chi connectivity index (χ1) is 9.86. The number of hydrogen-bond acceptors (Lipinski definition) is 3. The lowest BCUT2D eigenvalue weighted by atomic mass is 10.0. The van der Waals surface area contributed by atoms with Crippen molar-refractivity contribution in [2.24, 2.45) is 0 Å². The van der Waals surface area contributed by atoms with Gasteiger partial charge in [0.1, 0.15) is 5.75 Å². The average Bonchev–Trinajstić information content (AvgIpc) is 2.50. The van der Waals surface area contributed by atoms with Crippen molar-refractivity contribution in [1.29, 1.82) is 0 Å². The normalized spacial score (nSPS) is 10.9. The Morgan fingerprint density at radius 3 is 2.75 bits per heavy atom. The Kier molecular flexibility index (Phi) is 5.84. The molecule has 0 heterocycles. The molecule has 0 amide bonds. The van der Waals surface area contributed by atoms with E-state index in [1.54, 1.807) is 7.11 Å². The van der Waals surface area contributed by atoms with Gasteiger partial charge in [0, 0.05) is 25.3 Å². The van der Waals surface area contributed by atoms with E-state index in [0.717, 1.165) is 38.5 Å². The van der Waals surface area contributed by atoms with E-state index >= 15 is 0 Å². The van der Waals surface area contributed by atoms with Gasteiger partial charge in [0.2, 0.25) is 0 Å². The Balaban J connectivity index is 2.03. The molecule has 0 aliphatic rings. The number of nitrogens with one attached hydrogen (secondary N) is 1. The van der Waals surface area contributed by atoms with Crippen molar-refractivity contribution in [3.63, 3.8) is 0 Å². The zero-order valence-corrected chi connectivity index (χ0v) is 12.3. The summed E-state index contributed by atoms with van der Waals surface area (Å²) in [7, 11) is 1.72. The second-order valence-electron chi connectivity index (χ2n) is 4.69. The zero-order chi connectivity index (χ0) is 14.2. The highest BCUT2D eigenvalue weighted by Crippen LogP contribution is 2.27. The van der Waals surface area contributed by atoms with Crippen LogP contribution in [-0.2, 0) is 11.3 Å². The fourth-order valence-electron chi connectivity index (χ4n) is 2.35. The van der Waals surface area contributed by atoms with E-state index in [-0.39, 0.29) is 0 Å². The zero-order valence-electron chi connectivity index (χ0n) is 12.3. The summed E-state index contributed by atoms with van der Waals surface area (Å²) < 4.78 is 10.8. The maximum Gasteiger partial charge on any atom is 0.123 e. The van der Waals surface area contributed by atoms with E-state index in [2.05, 4.69) is 35.6 Å². The van der Waals surface area contributed by atoms with E-state index in [1.165, 1.54) is 16.3 Å². The van der Waals surface area contributed by atoms with Crippen molar-refractivity contribution in [1.82, 2.24) is 5.32 Å². The second-order valence-corrected chi connectivity index (χ2v) is 4.69. The molecule has 20 heavy (non-hydrogen) atoms. The number of benzene rings is 2. The maximum atomic E-state index is 5.48. The van der Waals surface area contributed by atoms with Crippen LogP contribution in [0.15, 0.2) is 36.4 Å². The minimum atomic E-state index is 0.789. The van der Waals surface area contributed by atoms with E-state index in [9.17, 15) is 0 Å². The van der Waals surface area contributed by atoms with Crippen LogP contribution < -0.4 is 10.1 Å². The lowest BCUT2D eigenvalue weighted by Crippen LogP contribution is -2.17. The first-order valence-corrected chi connectivity index (χ1v) is 7.20. The highest BCUT2D eigenvalue weighted by Gasteiger charge is 2.07. The Morgan fingerprint density at radius 1 is 1.10 bits per heavy atom. The summed E-state index contributed by atoms with van der Waals surface area (Å²) in [6, 6.07) is 12.6. The molecule has 0 fully saturated rings. The summed E-state index contributed by atoms with van der Waals surface area (Å²) in [6.07, 6.45) is 1.03. The maximum absolute atomic E-state index is 5.48. The van der Waals surface area contributed by atoms with Crippen LogP contribution in [0.2, 0.25) is 0 Å². The molecule has 2 rings (SSSR count). The molecule has 3 heteroatoms. The van der Waals surface area contributed by atoms with E-state index in [4.69, 9.17) is 9.47 Å². The van der Waals surface area contributed by atoms with Crippen molar-refractivity contribution >= 4 is 10.8 Å². The Labute approximate surface area is 120 Å². The predicted octanol–water partition coefficient (Wildman–Crippen LogP) is 3.36. The van der Waals surface area contributed by atoms with Gasteiger partial charge in [0.15, 0.2) is 0 Å². The van der Waals surface area contributed by atoms with Crippen LogP contribution in [0.4, 0.5) is 0 Å². The molecular formula is C17H23NO2. The fourth-order valence-corrected chi connectivity index (χ4v) is 2.35. The number of hydrogen-bond donors (Lipinski definition) is 1. The Morgan fingerprint density at radius 2 is 1.95 bits per heavy atom. The van der Waals surface area contributed by atoms with Crippen molar-refractivity contribution in [3.8, 4) is 5.75 Å². The largest absolute Gasteiger partial charge is 0.496 e. The molecule has 0 unspecified atom stereocenters. The van der Waals surface area contributed by atoms with Gasteiger partial charge in [-0.3, -0.25) is 0 Å². The first kappa shape index (κ1) is 14.8. The molecule has 108 valence electrons. The summed E-state index contributed by atoms with van der Waals surface area (Å²) in [5, 5.41) is 5.97. The highest BCUT2D eigenvalue weighted by atomic mass is 16.5. The van der Waals surface area contributed by atoms with E-state index in [1.807, 2.05) is 13.0 Å². The molecule has 0 bridgehead atoms. The molecule has 1 N–H and O–H groups in total. The molecule has 0 aliphatic carbocycles. The van der Waals surface area contributed by atoms with E-state index < -0.39 is 0 Å². The minimum absolute atomic E-state index is 0.789. The van der Waals surface area contributed by atoms with Crippen LogP contribution in [0.25, 0.3) is 10.8 Å². The van der Waals surface area contributed by atoms with Crippen LogP contribution in [0, 0.1) is 0 Å². The number of ether oxygens (including phenoxy) is 2. The van der Waals surface area contributed by atoms with Gasteiger partial charge >= 0.3 is 0 Å². The predicted molar refractivity (Wildman–Crippen MR) is 83.3 cm³/mol. The molecule has 2 aromatic carbocycles. The van der Waals surface area contributed by atoms with Gasteiger partial charge in [0.25, 0.3) is 0 Å². The lowest BCUT2D eigenvalue weighted by Gasteiger charge is -2.13. The van der Waals surface area contributed by atoms with Gasteiger partial charge in [-0.05, 0) is 36.7 Å². The molecule has 0 saturated heterocycles. The SMILES string of the molecule is CCOCCCNCc1c(OC)ccc2ccccc12. The summed E-state index contributed by atoms with van der Waals surface area (Å²) in [5.41, 5.74) is 1.22. The third-order valence-electron chi connectivity index (χ3n) is 3.37. The lowest BCUT2D eigenvalue weighted by molar-refractivity contribution is 0.144. The third kappa shape index (κ3) is 3.71. The second kappa shape index (κ2) is 7.88. The van der Waals surface area contributed by atoms with Crippen molar-refractivity contribution in [3.05, 3.63) is 42.0 Å². The number of methoxy groups -OCH3 is 1. The highest BCUT2D eigenvalue weighted by molar-refractivity contribution is 5.87. The summed E-state index contributed by atoms with van der Waals surface area (Å²) in [4.78, 5) is 0. The van der Waals surface area contributed by atoms with Gasteiger partial charge in [-0.25, -0.2) is 0 Å². The van der Waals surface area contributed by atoms with Crippen LogP contribution >= 0.6 is 0 Å². The molecule has 0 atom stereocenters. The van der Waals surface area contributed by atoms with Gasteiger partial charge < -0.3 is 14.8 Å². The van der Waals surface area contributed by atoms with Crippen LogP contribution in [0.5, 0.6) is 5.75 Å². The van der Waals surface area contributed by atoms with Crippen LogP contribution in [-0.4, -0.2) is 26.9 Å². The number of fused-ring (bicyclic) bond motifs is 1. The Hall–Kier alpha value is -1.58. The van der Waals surface area contributed by atoms with Crippen molar-refractivity contribution in [2.45, 2.75) is 19.9 Å². The van der Waals surface area contributed by atoms with E-state index in [0.29, 0.717) is 0 Å².